The summed E-state index contributed by atoms with van der Waals surface area (Å²) in [6, 6.07) is 15.4. The molecule has 0 radical (unpaired) electrons. The van der Waals surface area contributed by atoms with E-state index in [0.717, 1.165) is 49.0 Å². The first-order valence-electron chi connectivity index (χ1n) is 14.3. The Morgan fingerprint density at radius 2 is 1.21 bits per heavy atom. The molecule has 4 aromatic rings. The van der Waals surface area contributed by atoms with Gasteiger partial charge in [-0.05, 0) is 86.5 Å². The van der Waals surface area contributed by atoms with Gasteiger partial charge in [0.15, 0.2) is 0 Å². The third kappa shape index (κ3) is 3.52. The van der Waals surface area contributed by atoms with Crippen LogP contribution >= 0.6 is 0 Å². The molecule has 7 nitrogen and oxygen atoms in total. The van der Waals surface area contributed by atoms with E-state index in [1.807, 2.05) is 12.4 Å². The van der Waals surface area contributed by atoms with E-state index in [0.29, 0.717) is 24.2 Å². The summed E-state index contributed by atoms with van der Waals surface area (Å²) in [4.78, 5) is 19.3. The van der Waals surface area contributed by atoms with Crippen molar-refractivity contribution in [1.29, 1.82) is 0 Å². The lowest BCUT2D eigenvalue weighted by Crippen LogP contribution is -2.14. The highest BCUT2D eigenvalue weighted by atomic mass is 15.2. The van der Waals surface area contributed by atoms with E-state index >= 15 is 0 Å². The first-order valence-corrected chi connectivity index (χ1v) is 14.3. The number of nitrogens with zero attached hydrogens (tertiary/aromatic N) is 3. The molecule has 0 saturated carbocycles. The van der Waals surface area contributed by atoms with E-state index in [2.05, 4.69) is 73.9 Å². The molecule has 0 aliphatic carbocycles. The van der Waals surface area contributed by atoms with Gasteiger partial charge in [-0.25, -0.2) is 9.97 Å². The highest BCUT2D eigenvalue weighted by molar-refractivity contribution is 5.80. The molecule has 38 heavy (non-hydrogen) atoms. The zero-order valence-electron chi connectivity index (χ0n) is 21.9. The third-order valence-electron chi connectivity index (χ3n) is 9.42. The summed E-state index contributed by atoms with van der Waals surface area (Å²) in [6.07, 6.45) is 11.2. The molecule has 6 heterocycles. The summed E-state index contributed by atoms with van der Waals surface area (Å²) in [7, 11) is 2.30. The molecule has 7 heteroatoms. The molecule has 4 atom stereocenters. The van der Waals surface area contributed by atoms with Crippen LogP contribution in [0.3, 0.4) is 0 Å². The number of fused-ring (bicyclic) bond motifs is 5. The second-order valence-corrected chi connectivity index (χ2v) is 11.5. The quantitative estimate of drug-likeness (QED) is 0.275. The summed E-state index contributed by atoms with van der Waals surface area (Å²) in [5.41, 5.74) is 10.4. The minimum atomic E-state index is 0.356. The van der Waals surface area contributed by atoms with Gasteiger partial charge in [-0.1, -0.05) is 36.4 Å². The largest absolute Gasteiger partial charge is 0.341 e. The fraction of sp³-hybridized carbons (Fsp3) is 0.419. The molecule has 3 fully saturated rings. The van der Waals surface area contributed by atoms with E-state index in [9.17, 15) is 0 Å². The molecule has 2 aromatic heterocycles. The van der Waals surface area contributed by atoms with Crippen molar-refractivity contribution in [2.24, 2.45) is 0 Å². The second kappa shape index (κ2) is 8.90. The van der Waals surface area contributed by atoms with E-state index in [4.69, 9.17) is 4.98 Å². The van der Waals surface area contributed by atoms with E-state index in [1.54, 1.807) is 0 Å². The average molecular weight is 506 g/mol. The lowest BCUT2D eigenvalue weighted by atomic mass is 9.82. The maximum Gasteiger partial charge on any atom is 0.123 e. The number of aromatic nitrogens is 4. The highest BCUT2D eigenvalue weighted by Crippen LogP contribution is 2.57. The molecular weight excluding hydrogens is 470 g/mol. The number of H-pyrrole nitrogens is 2. The Kier molecular flexibility index (Phi) is 5.32. The monoisotopic (exact) mass is 505 g/mol. The Morgan fingerprint density at radius 1 is 0.658 bits per heavy atom. The lowest BCUT2D eigenvalue weighted by molar-refractivity contribution is 0.280. The molecule has 2 unspecified atom stereocenters. The van der Waals surface area contributed by atoms with E-state index in [-0.39, 0.29) is 0 Å². The lowest BCUT2D eigenvalue weighted by Gasteiger charge is -2.21. The normalized spacial score (nSPS) is 26.4. The fourth-order valence-corrected chi connectivity index (χ4v) is 7.45. The van der Waals surface area contributed by atoms with Crippen molar-refractivity contribution in [2.75, 3.05) is 20.1 Å². The molecule has 2 aromatic carbocycles. The maximum absolute atomic E-state index is 4.78. The van der Waals surface area contributed by atoms with Gasteiger partial charge in [0.05, 0.1) is 35.9 Å². The van der Waals surface area contributed by atoms with Crippen LogP contribution < -0.4 is 10.6 Å². The number of benzene rings is 2. The molecule has 4 aliphatic rings. The molecule has 0 amide bonds. The van der Waals surface area contributed by atoms with Crippen LogP contribution in [0.4, 0.5) is 0 Å². The van der Waals surface area contributed by atoms with Crippen molar-refractivity contribution in [1.82, 2.24) is 35.5 Å². The third-order valence-corrected chi connectivity index (χ3v) is 9.42. The number of imidazole rings is 2. The number of rotatable bonds is 5. The standard InChI is InChI=1S/C31H35N7/c1-38-26-12-13-27(38)29-21(25-17-35-31(37-25)23-5-3-15-33-23)11-10-20(28(26)29)18-6-8-19(9-7-18)24-16-34-30(36-24)22-4-2-14-32-22/h6-11,16-17,22-23,26-27,32-33H,2-5,12-15H2,1H3,(H,34,36)(H,35,37)/t22-,23-,26?,27?/m0/s1. The predicted octanol–water partition coefficient (Wildman–Crippen LogP) is 5.80. The van der Waals surface area contributed by atoms with Gasteiger partial charge in [0.2, 0.25) is 0 Å². The van der Waals surface area contributed by atoms with Gasteiger partial charge in [0, 0.05) is 17.6 Å². The van der Waals surface area contributed by atoms with Crippen LogP contribution in [0.5, 0.6) is 0 Å². The summed E-state index contributed by atoms with van der Waals surface area (Å²) >= 11 is 0. The first-order chi connectivity index (χ1) is 18.7. The summed E-state index contributed by atoms with van der Waals surface area (Å²) in [6.45, 7) is 2.16. The Labute approximate surface area is 223 Å². The minimum absolute atomic E-state index is 0.356. The molecule has 8 rings (SSSR count). The number of aromatic amines is 2. The number of hydrogen-bond donors (Lipinski definition) is 4. The average Bonchev–Trinajstić information content (AvgIpc) is 3.80. The van der Waals surface area contributed by atoms with Crippen LogP contribution in [-0.2, 0) is 0 Å². The molecular formula is C31H35N7. The van der Waals surface area contributed by atoms with Crippen LogP contribution in [0.25, 0.3) is 33.6 Å². The van der Waals surface area contributed by atoms with Crippen molar-refractivity contribution in [2.45, 2.75) is 62.7 Å². The fourth-order valence-electron chi connectivity index (χ4n) is 7.45. The molecule has 3 saturated heterocycles. The van der Waals surface area contributed by atoms with Gasteiger partial charge >= 0.3 is 0 Å². The van der Waals surface area contributed by atoms with Gasteiger partial charge in [-0.2, -0.15) is 0 Å². The molecule has 0 spiro atoms. The van der Waals surface area contributed by atoms with Crippen molar-refractivity contribution >= 4 is 0 Å². The molecule has 194 valence electrons. The van der Waals surface area contributed by atoms with Gasteiger partial charge < -0.3 is 20.6 Å². The molecule has 4 aliphatic heterocycles. The Hall–Kier alpha value is -3.26. The maximum atomic E-state index is 4.78. The van der Waals surface area contributed by atoms with Crippen molar-refractivity contribution < 1.29 is 0 Å². The first kappa shape index (κ1) is 22.7. The number of nitrogens with one attached hydrogen (secondary N) is 4. The van der Waals surface area contributed by atoms with Crippen LogP contribution in [0.15, 0.2) is 48.8 Å². The smallest absolute Gasteiger partial charge is 0.123 e. The minimum Gasteiger partial charge on any atom is -0.341 e. The van der Waals surface area contributed by atoms with Gasteiger partial charge in [0.25, 0.3) is 0 Å². The van der Waals surface area contributed by atoms with Crippen LogP contribution in [-0.4, -0.2) is 45.0 Å². The van der Waals surface area contributed by atoms with Crippen molar-refractivity contribution in [3.63, 3.8) is 0 Å². The Morgan fingerprint density at radius 3 is 1.84 bits per heavy atom. The zero-order valence-corrected chi connectivity index (χ0v) is 21.9. The Balaban J connectivity index is 1.14. The van der Waals surface area contributed by atoms with Crippen molar-refractivity contribution in [3.05, 3.63) is 71.6 Å². The second-order valence-electron chi connectivity index (χ2n) is 11.5. The zero-order chi connectivity index (χ0) is 25.2. The van der Waals surface area contributed by atoms with Gasteiger partial charge in [-0.3, -0.25) is 4.90 Å². The molecule has 4 N–H and O–H groups in total. The van der Waals surface area contributed by atoms with Crippen LogP contribution in [0, 0.1) is 0 Å². The number of hydrogen-bond acceptors (Lipinski definition) is 5. The van der Waals surface area contributed by atoms with Gasteiger partial charge in [0.1, 0.15) is 11.6 Å². The van der Waals surface area contributed by atoms with Crippen molar-refractivity contribution in [3.8, 4) is 33.6 Å². The topological polar surface area (TPSA) is 84.7 Å². The highest BCUT2D eigenvalue weighted by Gasteiger charge is 2.44. The Bertz CT molecular complexity index is 1470. The summed E-state index contributed by atoms with van der Waals surface area (Å²) in [5, 5.41) is 7.11. The van der Waals surface area contributed by atoms with E-state index < -0.39 is 0 Å². The molecule has 2 bridgehead atoms. The summed E-state index contributed by atoms with van der Waals surface area (Å²) in [5.74, 6) is 2.13. The van der Waals surface area contributed by atoms with Crippen LogP contribution in [0.1, 0.15) is 85.5 Å². The SMILES string of the molecule is CN1C2CCC1c1c(-c3cnc([C@@H]4CCCN4)[nH]3)ccc(-c3ccc(-c4cnc([C@@H]5CCCN5)[nH]4)cc3)c12. The van der Waals surface area contributed by atoms with Gasteiger partial charge in [-0.15, -0.1) is 0 Å². The predicted molar refractivity (Wildman–Crippen MR) is 149 cm³/mol. The van der Waals surface area contributed by atoms with E-state index in [1.165, 1.54) is 59.1 Å². The van der Waals surface area contributed by atoms with Crippen LogP contribution in [0.2, 0.25) is 0 Å². The summed E-state index contributed by atoms with van der Waals surface area (Å²) < 4.78 is 0.